The van der Waals surface area contributed by atoms with Gasteiger partial charge in [-0.2, -0.15) is 0 Å². The smallest absolute Gasteiger partial charge is 0.148 e. The van der Waals surface area contributed by atoms with Gasteiger partial charge in [-0.25, -0.2) is 0 Å². The lowest BCUT2D eigenvalue weighted by Gasteiger charge is -2.05. The molecule has 1 saturated heterocycles. The van der Waals surface area contributed by atoms with Gasteiger partial charge in [0, 0.05) is 0 Å². The minimum Gasteiger partial charge on any atom is -0.491 e. The summed E-state index contributed by atoms with van der Waals surface area (Å²) in [5.41, 5.74) is 0. The van der Waals surface area contributed by atoms with Crippen LogP contribution in [0.5, 0.6) is 11.5 Å². The monoisotopic (exact) mass is 204 g/mol. The Hall–Kier alpha value is -1.66. The highest BCUT2D eigenvalue weighted by molar-refractivity contribution is 5.31. The normalized spacial score (nSPS) is 17.9. The molecule has 1 aromatic carbocycles. The SMILES string of the molecule is C#CCOc1ccc(OCC2CO2)cc1. The van der Waals surface area contributed by atoms with Crippen molar-refractivity contribution in [3.63, 3.8) is 0 Å². The Bertz CT molecular complexity index is 346. The number of hydrogen-bond donors (Lipinski definition) is 0. The first-order valence-electron chi connectivity index (χ1n) is 4.79. The van der Waals surface area contributed by atoms with Crippen molar-refractivity contribution in [2.24, 2.45) is 0 Å². The van der Waals surface area contributed by atoms with Crippen LogP contribution in [0.1, 0.15) is 0 Å². The van der Waals surface area contributed by atoms with Crippen LogP contribution in [-0.2, 0) is 4.74 Å². The summed E-state index contributed by atoms with van der Waals surface area (Å²) in [5.74, 6) is 3.98. The predicted octanol–water partition coefficient (Wildman–Crippen LogP) is 1.48. The van der Waals surface area contributed by atoms with Gasteiger partial charge in [-0.15, -0.1) is 6.42 Å². The second-order valence-electron chi connectivity index (χ2n) is 3.23. The molecular weight excluding hydrogens is 192 g/mol. The molecule has 0 N–H and O–H groups in total. The Morgan fingerprint density at radius 2 is 1.87 bits per heavy atom. The number of terminal acetylenes is 1. The van der Waals surface area contributed by atoms with Gasteiger partial charge < -0.3 is 14.2 Å². The lowest BCUT2D eigenvalue weighted by Crippen LogP contribution is -2.03. The largest absolute Gasteiger partial charge is 0.491 e. The Balaban J connectivity index is 1.82. The fraction of sp³-hybridized carbons (Fsp3) is 0.333. The van der Waals surface area contributed by atoms with E-state index in [2.05, 4.69) is 5.92 Å². The summed E-state index contributed by atoms with van der Waals surface area (Å²) < 4.78 is 15.7. The van der Waals surface area contributed by atoms with E-state index in [0.29, 0.717) is 6.61 Å². The second kappa shape index (κ2) is 4.72. The number of ether oxygens (including phenoxy) is 3. The van der Waals surface area contributed by atoms with E-state index in [-0.39, 0.29) is 12.7 Å². The molecule has 1 fully saturated rings. The zero-order valence-electron chi connectivity index (χ0n) is 8.31. The van der Waals surface area contributed by atoms with Crippen LogP contribution in [-0.4, -0.2) is 25.9 Å². The Labute approximate surface area is 89.0 Å². The van der Waals surface area contributed by atoms with Crippen LogP contribution < -0.4 is 9.47 Å². The number of benzene rings is 1. The summed E-state index contributed by atoms with van der Waals surface area (Å²) in [6.07, 6.45) is 5.36. The van der Waals surface area contributed by atoms with Crippen molar-refractivity contribution in [1.82, 2.24) is 0 Å². The van der Waals surface area contributed by atoms with Crippen molar-refractivity contribution in [2.75, 3.05) is 19.8 Å². The lowest BCUT2D eigenvalue weighted by atomic mass is 10.3. The summed E-state index contributed by atoms with van der Waals surface area (Å²) >= 11 is 0. The first-order valence-corrected chi connectivity index (χ1v) is 4.79. The molecule has 0 spiro atoms. The van der Waals surface area contributed by atoms with E-state index in [9.17, 15) is 0 Å². The van der Waals surface area contributed by atoms with Crippen molar-refractivity contribution in [2.45, 2.75) is 6.10 Å². The molecule has 78 valence electrons. The third kappa shape index (κ3) is 3.19. The molecule has 15 heavy (non-hydrogen) atoms. The van der Waals surface area contributed by atoms with E-state index in [0.717, 1.165) is 18.1 Å². The summed E-state index contributed by atoms with van der Waals surface area (Å²) in [6.45, 7) is 1.71. The fourth-order valence-electron chi connectivity index (χ4n) is 1.11. The zero-order valence-corrected chi connectivity index (χ0v) is 8.31. The molecule has 1 aliphatic heterocycles. The molecule has 3 heteroatoms. The molecule has 2 rings (SSSR count). The van der Waals surface area contributed by atoms with Crippen molar-refractivity contribution < 1.29 is 14.2 Å². The molecule has 1 atom stereocenters. The van der Waals surface area contributed by atoms with Crippen LogP contribution in [0.4, 0.5) is 0 Å². The van der Waals surface area contributed by atoms with E-state index in [1.54, 1.807) is 0 Å². The Morgan fingerprint density at radius 1 is 1.27 bits per heavy atom. The standard InChI is InChI=1S/C12H12O3/c1-2-7-13-10-3-5-11(6-4-10)14-8-12-9-15-12/h1,3-6,12H,7-9H2. The molecule has 0 saturated carbocycles. The number of rotatable bonds is 5. The minimum absolute atomic E-state index is 0.280. The Morgan fingerprint density at radius 3 is 2.40 bits per heavy atom. The van der Waals surface area contributed by atoms with Gasteiger partial charge in [-0.05, 0) is 24.3 Å². The fourth-order valence-corrected chi connectivity index (χ4v) is 1.11. The average Bonchev–Trinajstić information content (AvgIpc) is 3.09. The molecule has 1 heterocycles. The predicted molar refractivity (Wildman–Crippen MR) is 56.0 cm³/mol. The van der Waals surface area contributed by atoms with Crippen LogP contribution in [0.3, 0.4) is 0 Å². The van der Waals surface area contributed by atoms with Crippen molar-refractivity contribution >= 4 is 0 Å². The van der Waals surface area contributed by atoms with Crippen LogP contribution >= 0.6 is 0 Å². The van der Waals surface area contributed by atoms with Gasteiger partial charge >= 0.3 is 0 Å². The van der Waals surface area contributed by atoms with E-state index in [4.69, 9.17) is 20.6 Å². The van der Waals surface area contributed by atoms with Crippen LogP contribution in [0.2, 0.25) is 0 Å². The highest BCUT2D eigenvalue weighted by Crippen LogP contribution is 2.19. The average molecular weight is 204 g/mol. The maximum atomic E-state index is 5.47. The molecular formula is C12H12O3. The van der Waals surface area contributed by atoms with Gasteiger partial charge in [0.2, 0.25) is 0 Å². The summed E-state index contributed by atoms with van der Waals surface area (Å²) in [5, 5.41) is 0. The highest BCUT2D eigenvalue weighted by Gasteiger charge is 2.22. The second-order valence-corrected chi connectivity index (χ2v) is 3.23. The maximum Gasteiger partial charge on any atom is 0.148 e. The summed E-state index contributed by atoms with van der Waals surface area (Å²) in [7, 11) is 0. The van der Waals surface area contributed by atoms with E-state index in [1.807, 2.05) is 24.3 Å². The number of epoxide rings is 1. The molecule has 1 aromatic rings. The van der Waals surface area contributed by atoms with E-state index >= 15 is 0 Å². The first-order chi connectivity index (χ1) is 7.38. The van der Waals surface area contributed by atoms with Crippen LogP contribution in [0, 0.1) is 12.3 Å². The summed E-state index contributed by atoms with van der Waals surface area (Å²) in [4.78, 5) is 0. The van der Waals surface area contributed by atoms with Crippen LogP contribution in [0.15, 0.2) is 24.3 Å². The first kappa shape index (κ1) is 9.88. The van der Waals surface area contributed by atoms with E-state index in [1.165, 1.54) is 0 Å². The third-order valence-electron chi connectivity index (χ3n) is 1.98. The maximum absolute atomic E-state index is 5.47. The highest BCUT2D eigenvalue weighted by atomic mass is 16.6. The van der Waals surface area contributed by atoms with Gasteiger partial charge in [0.1, 0.15) is 30.8 Å². The summed E-state index contributed by atoms with van der Waals surface area (Å²) in [6, 6.07) is 7.38. The third-order valence-corrected chi connectivity index (χ3v) is 1.98. The molecule has 0 amide bonds. The molecule has 0 aromatic heterocycles. The quantitative estimate of drug-likeness (QED) is 0.537. The topological polar surface area (TPSA) is 31.0 Å². The number of hydrogen-bond acceptors (Lipinski definition) is 3. The molecule has 0 aliphatic carbocycles. The molecule has 0 bridgehead atoms. The van der Waals surface area contributed by atoms with Crippen molar-refractivity contribution in [1.29, 1.82) is 0 Å². The van der Waals surface area contributed by atoms with Gasteiger partial charge in [0.05, 0.1) is 6.61 Å². The molecule has 3 nitrogen and oxygen atoms in total. The van der Waals surface area contributed by atoms with Gasteiger partial charge in [-0.3, -0.25) is 0 Å². The molecule has 0 radical (unpaired) electrons. The lowest BCUT2D eigenvalue weighted by molar-refractivity contribution is 0.262. The molecule has 1 unspecified atom stereocenters. The Kier molecular flexibility index (Phi) is 3.11. The van der Waals surface area contributed by atoms with Gasteiger partial charge in [0.25, 0.3) is 0 Å². The van der Waals surface area contributed by atoms with Crippen molar-refractivity contribution in [3.8, 4) is 23.8 Å². The van der Waals surface area contributed by atoms with Gasteiger partial charge in [0.15, 0.2) is 0 Å². The van der Waals surface area contributed by atoms with Gasteiger partial charge in [-0.1, -0.05) is 5.92 Å². The van der Waals surface area contributed by atoms with Crippen LogP contribution in [0.25, 0.3) is 0 Å². The minimum atomic E-state index is 0.280. The zero-order chi connectivity index (χ0) is 10.5. The molecule has 1 aliphatic rings. The van der Waals surface area contributed by atoms with E-state index < -0.39 is 0 Å². The van der Waals surface area contributed by atoms with Crippen molar-refractivity contribution in [3.05, 3.63) is 24.3 Å².